The molecule has 37 heavy (non-hydrogen) atoms. The zero-order valence-electron chi connectivity index (χ0n) is 23.7. The van der Waals surface area contributed by atoms with Crippen molar-refractivity contribution in [1.82, 2.24) is 0 Å². The Morgan fingerprint density at radius 1 is 0.973 bits per heavy atom. The first-order chi connectivity index (χ1) is 17.2. The van der Waals surface area contributed by atoms with Gasteiger partial charge in [0, 0.05) is 34.7 Å². The number of benzene rings is 1. The Bertz CT molecular complexity index is 1300. The van der Waals surface area contributed by atoms with Gasteiger partial charge in [-0.2, -0.15) is 0 Å². The molecule has 0 heterocycles. The van der Waals surface area contributed by atoms with Crippen LogP contribution in [0.5, 0.6) is 11.5 Å². The normalized spacial score (nSPS) is 35.7. The highest BCUT2D eigenvalue weighted by Crippen LogP contribution is 2.78. The van der Waals surface area contributed by atoms with Gasteiger partial charge in [-0.3, -0.25) is 9.59 Å². The summed E-state index contributed by atoms with van der Waals surface area (Å²) in [7, 11) is 1.62. The number of hydrogen-bond acceptors (Lipinski definition) is 5. The Hall–Kier alpha value is -2.69. The number of fused-ring (bicyclic) bond motifs is 5. The summed E-state index contributed by atoms with van der Waals surface area (Å²) in [5, 5.41) is 0. The molecule has 2 fully saturated rings. The molecule has 0 unspecified atom stereocenters. The molecule has 0 aliphatic heterocycles. The van der Waals surface area contributed by atoms with Crippen molar-refractivity contribution in [3.63, 3.8) is 0 Å². The second-order valence-corrected chi connectivity index (χ2v) is 13.1. The lowest BCUT2D eigenvalue weighted by atomic mass is 9.58. The number of carbonyl (C=O) groups excluding carboxylic acids is 3. The number of rotatable bonds is 7. The summed E-state index contributed by atoms with van der Waals surface area (Å²) >= 11 is 0. The Morgan fingerprint density at radius 2 is 1.62 bits per heavy atom. The van der Waals surface area contributed by atoms with E-state index >= 15 is 0 Å². The van der Waals surface area contributed by atoms with Crippen LogP contribution in [0.2, 0.25) is 0 Å². The van der Waals surface area contributed by atoms with Crippen LogP contribution in [0, 0.1) is 46.8 Å². The highest BCUT2D eigenvalue weighted by Gasteiger charge is 2.74. The SMILES string of the molecule is COc1ccc(OC2=C(C)C(=O)[C@H]3[C@@H](C2=O)[C@]2(C)C[C@@]3(C)C([C@@H]3[C@H](CCC(C)=O)C3(C)C)=C2C)cc1C. The zero-order chi connectivity index (χ0) is 27.2. The van der Waals surface area contributed by atoms with Crippen molar-refractivity contribution in [3.8, 4) is 11.5 Å². The Kier molecular flexibility index (Phi) is 5.72. The van der Waals surface area contributed by atoms with Gasteiger partial charge in [0.1, 0.15) is 17.3 Å². The monoisotopic (exact) mass is 504 g/mol. The van der Waals surface area contributed by atoms with Crippen LogP contribution in [0.25, 0.3) is 0 Å². The lowest BCUT2D eigenvalue weighted by Crippen LogP contribution is -2.48. The highest BCUT2D eigenvalue weighted by atomic mass is 16.5. The van der Waals surface area contributed by atoms with E-state index in [9.17, 15) is 14.4 Å². The molecule has 5 rings (SSSR count). The minimum absolute atomic E-state index is 0.0415. The van der Waals surface area contributed by atoms with Crippen molar-refractivity contribution < 1.29 is 23.9 Å². The van der Waals surface area contributed by atoms with Gasteiger partial charge < -0.3 is 14.3 Å². The highest BCUT2D eigenvalue weighted by molar-refractivity contribution is 6.14. The first-order valence-corrected chi connectivity index (χ1v) is 13.5. The zero-order valence-corrected chi connectivity index (χ0v) is 23.7. The van der Waals surface area contributed by atoms with Gasteiger partial charge in [-0.05, 0) is 81.5 Å². The molecular weight excluding hydrogens is 464 g/mol. The fourth-order valence-corrected chi connectivity index (χ4v) is 8.60. The van der Waals surface area contributed by atoms with E-state index in [0.29, 0.717) is 29.6 Å². The lowest BCUT2D eigenvalue weighted by molar-refractivity contribution is -0.135. The van der Waals surface area contributed by atoms with Crippen molar-refractivity contribution in [1.29, 1.82) is 0 Å². The molecule has 0 N–H and O–H groups in total. The smallest absolute Gasteiger partial charge is 0.203 e. The van der Waals surface area contributed by atoms with E-state index in [1.54, 1.807) is 27.0 Å². The third-order valence-electron chi connectivity index (χ3n) is 10.6. The first kappa shape index (κ1) is 25.9. The molecule has 198 valence electrons. The summed E-state index contributed by atoms with van der Waals surface area (Å²) in [6, 6.07) is 5.43. The minimum Gasteiger partial charge on any atom is -0.496 e. The number of ketones is 3. The van der Waals surface area contributed by atoms with E-state index in [-0.39, 0.29) is 45.3 Å². The summed E-state index contributed by atoms with van der Waals surface area (Å²) in [6.07, 6.45) is 2.29. The number of ether oxygens (including phenoxy) is 2. The average molecular weight is 505 g/mol. The summed E-state index contributed by atoms with van der Waals surface area (Å²) in [5.74, 6) is 1.70. The molecule has 0 spiro atoms. The maximum Gasteiger partial charge on any atom is 0.203 e. The van der Waals surface area contributed by atoms with Crippen LogP contribution in [0.15, 0.2) is 40.7 Å². The van der Waals surface area contributed by atoms with Gasteiger partial charge in [0.15, 0.2) is 11.5 Å². The predicted octanol–water partition coefficient (Wildman–Crippen LogP) is 6.43. The standard InChI is InChI=1S/C32H40O5/c1-16-14-20(11-13-22(16)36-9)37-29-18(3)27(34)25-26(28(29)35)31(7)15-32(25,8)23(19(31)4)24-21(30(24,5)6)12-10-17(2)33/h11,13-14,21,24-26H,10,12,15H2,1-9H3/t21-,24-,25+,26-,31+,32-/m0/s1. The molecule has 1 aromatic rings. The predicted molar refractivity (Wildman–Crippen MR) is 142 cm³/mol. The van der Waals surface area contributed by atoms with Crippen LogP contribution < -0.4 is 9.47 Å². The van der Waals surface area contributed by atoms with Crippen molar-refractivity contribution in [2.24, 2.45) is 39.9 Å². The molecule has 0 saturated heterocycles. The molecular formula is C32H40O5. The maximum atomic E-state index is 14.1. The molecule has 0 radical (unpaired) electrons. The molecule has 1 aromatic carbocycles. The van der Waals surface area contributed by atoms with Gasteiger partial charge >= 0.3 is 0 Å². The molecule has 2 bridgehead atoms. The molecule has 2 saturated carbocycles. The van der Waals surface area contributed by atoms with Crippen molar-refractivity contribution in [2.45, 2.75) is 74.7 Å². The summed E-state index contributed by atoms with van der Waals surface area (Å²) in [6.45, 7) is 16.5. The number of allylic oxidation sites excluding steroid dienone is 4. The fourth-order valence-electron chi connectivity index (χ4n) is 8.60. The van der Waals surface area contributed by atoms with E-state index in [4.69, 9.17) is 9.47 Å². The fraction of sp³-hybridized carbons (Fsp3) is 0.594. The van der Waals surface area contributed by atoms with E-state index in [1.165, 1.54) is 11.1 Å². The second kappa shape index (κ2) is 8.15. The topological polar surface area (TPSA) is 69.7 Å². The van der Waals surface area contributed by atoms with Gasteiger partial charge in [0.2, 0.25) is 5.78 Å². The van der Waals surface area contributed by atoms with Crippen LogP contribution in [0.4, 0.5) is 0 Å². The lowest BCUT2D eigenvalue weighted by Gasteiger charge is -2.44. The molecule has 4 aliphatic rings. The largest absolute Gasteiger partial charge is 0.496 e. The van der Waals surface area contributed by atoms with E-state index < -0.39 is 5.92 Å². The van der Waals surface area contributed by atoms with Crippen LogP contribution in [-0.2, 0) is 14.4 Å². The van der Waals surface area contributed by atoms with Gasteiger partial charge in [-0.1, -0.05) is 38.8 Å². The van der Waals surface area contributed by atoms with Gasteiger partial charge in [0.25, 0.3) is 0 Å². The van der Waals surface area contributed by atoms with Gasteiger partial charge in [-0.15, -0.1) is 0 Å². The first-order valence-electron chi connectivity index (χ1n) is 13.5. The molecule has 5 nitrogen and oxygen atoms in total. The third-order valence-corrected chi connectivity index (χ3v) is 10.6. The Morgan fingerprint density at radius 3 is 2.22 bits per heavy atom. The number of Topliss-reactive ketones (excluding diaryl/α,β-unsaturated/α-hetero) is 3. The van der Waals surface area contributed by atoms with Crippen molar-refractivity contribution in [3.05, 3.63) is 46.2 Å². The summed E-state index contributed by atoms with van der Waals surface area (Å²) in [4.78, 5) is 39.9. The van der Waals surface area contributed by atoms with Crippen LogP contribution in [0.1, 0.15) is 73.3 Å². The number of carbonyl (C=O) groups is 3. The van der Waals surface area contributed by atoms with Crippen LogP contribution in [0.3, 0.4) is 0 Å². The average Bonchev–Trinajstić information content (AvgIpc) is 3.13. The number of aryl methyl sites for hydroxylation is 1. The molecule has 0 amide bonds. The van der Waals surface area contributed by atoms with E-state index in [0.717, 1.165) is 24.2 Å². The molecule has 0 aromatic heterocycles. The maximum absolute atomic E-state index is 14.1. The summed E-state index contributed by atoms with van der Waals surface area (Å²) < 4.78 is 11.5. The number of hydrogen-bond donors (Lipinski definition) is 0. The molecule has 4 aliphatic carbocycles. The van der Waals surface area contributed by atoms with Crippen LogP contribution in [-0.4, -0.2) is 24.5 Å². The minimum atomic E-state index is -0.413. The van der Waals surface area contributed by atoms with Crippen LogP contribution >= 0.6 is 0 Å². The Labute approximate surface area is 220 Å². The van der Waals surface area contributed by atoms with E-state index in [1.807, 2.05) is 19.1 Å². The third kappa shape index (κ3) is 3.45. The van der Waals surface area contributed by atoms with Gasteiger partial charge in [0.05, 0.1) is 7.11 Å². The molecule has 6 atom stereocenters. The quantitative estimate of drug-likeness (QED) is 0.400. The van der Waals surface area contributed by atoms with Gasteiger partial charge in [-0.25, -0.2) is 0 Å². The number of methoxy groups -OCH3 is 1. The second-order valence-electron chi connectivity index (χ2n) is 13.1. The Balaban J connectivity index is 1.51. The summed E-state index contributed by atoms with van der Waals surface area (Å²) in [5.41, 5.74) is 3.36. The van der Waals surface area contributed by atoms with E-state index in [2.05, 4.69) is 34.6 Å². The molecule has 5 heteroatoms. The van der Waals surface area contributed by atoms with Crippen molar-refractivity contribution >= 4 is 17.3 Å². The van der Waals surface area contributed by atoms with Crippen molar-refractivity contribution in [2.75, 3.05) is 7.11 Å².